The van der Waals surface area contributed by atoms with E-state index in [1.807, 2.05) is 0 Å². The third-order valence-corrected chi connectivity index (χ3v) is 2.60. The summed E-state index contributed by atoms with van der Waals surface area (Å²) in [5, 5.41) is 11.3. The van der Waals surface area contributed by atoms with Crippen LogP contribution in [0.5, 0.6) is 0 Å². The van der Waals surface area contributed by atoms with Crippen molar-refractivity contribution in [2.75, 3.05) is 6.61 Å². The standard InChI is InChI=1S/C13H17F2NO2/c1-9(4-3-7-17)16-13(18)8-10-11(14)5-2-6-12(10)15/h2,5-6,9,17H,3-4,7-8H2,1H3,(H,16,18). The lowest BCUT2D eigenvalue weighted by Crippen LogP contribution is -2.34. The predicted octanol–water partition coefficient (Wildman–Crippen LogP) is 1.78. The molecule has 3 nitrogen and oxygen atoms in total. The van der Waals surface area contributed by atoms with Gasteiger partial charge < -0.3 is 10.4 Å². The molecule has 1 amide bonds. The molecule has 100 valence electrons. The van der Waals surface area contributed by atoms with Crippen molar-refractivity contribution in [2.24, 2.45) is 0 Å². The number of hydrogen-bond acceptors (Lipinski definition) is 2. The molecule has 0 radical (unpaired) electrons. The van der Waals surface area contributed by atoms with Crippen LogP contribution in [0.25, 0.3) is 0 Å². The minimum Gasteiger partial charge on any atom is -0.396 e. The van der Waals surface area contributed by atoms with E-state index in [-0.39, 0.29) is 24.6 Å². The van der Waals surface area contributed by atoms with Gasteiger partial charge in [0, 0.05) is 18.2 Å². The maximum absolute atomic E-state index is 13.3. The number of rotatable bonds is 6. The van der Waals surface area contributed by atoms with Crippen molar-refractivity contribution in [3.63, 3.8) is 0 Å². The van der Waals surface area contributed by atoms with Gasteiger partial charge in [-0.2, -0.15) is 0 Å². The molecule has 1 rings (SSSR count). The van der Waals surface area contributed by atoms with Gasteiger partial charge in [-0.05, 0) is 31.9 Å². The van der Waals surface area contributed by atoms with Crippen LogP contribution in [-0.2, 0) is 11.2 Å². The molecule has 0 bridgehead atoms. The Bertz CT molecular complexity index is 390. The number of amides is 1. The summed E-state index contributed by atoms with van der Waals surface area (Å²) < 4.78 is 26.6. The Labute approximate surface area is 105 Å². The Balaban J connectivity index is 2.54. The fourth-order valence-electron chi connectivity index (χ4n) is 1.66. The summed E-state index contributed by atoms with van der Waals surface area (Å²) in [6, 6.07) is 3.39. The summed E-state index contributed by atoms with van der Waals surface area (Å²) >= 11 is 0. The Kier molecular flexibility index (Phi) is 5.71. The lowest BCUT2D eigenvalue weighted by atomic mass is 10.1. The minimum atomic E-state index is -0.715. The molecule has 0 aliphatic heterocycles. The second kappa shape index (κ2) is 7.06. The minimum absolute atomic E-state index is 0.0577. The first kappa shape index (κ1) is 14.6. The highest BCUT2D eigenvalue weighted by Gasteiger charge is 2.14. The number of halogens is 2. The highest BCUT2D eigenvalue weighted by atomic mass is 19.1. The first-order chi connectivity index (χ1) is 8.54. The van der Waals surface area contributed by atoms with Gasteiger partial charge in [-0.3, -0.25) is 4.79 Å². The van der Waals surface area contributed by atoms with Crippen molar-refractivity contribution in [2.45, 2.75) is 32.2 Å². The largest absolute Gasteiger partial charge is 0.396 e. The van der Waals surface area contributed by atoms with Crippen LogP contribution in [0.15, 0.2) is 18.2 Å². The topological polar surface area (TPSA) is 49.3 Å². The molecular weight excluding hydrogens is 240 g/mol. The van der Waals surface area contributed by atoms with E-state index in [4.69, 9.17) is 5.11 Å². The van der Waals surface area contributed by atoms with Crippen molar-refractivity contribution < 1.29 is 18.7 Å². The zero-order valence-corrected chi connectivity index (χ0v) is 10.2. The van der Waals surface area contributed by atoms with E-state index >= 15 is 0 Å². The summed E-state index contributed by atoms with van der Waals surface area (Å²) in [5.74, 6) is -1.86. The molecule has 0 saturated heterocycles. The summed E-state index contributed by atoms with van der Waals surface area (Å²) in [6.45, 7) is 1.84. The SMILES string of the molecule is CC(CCCO)NC(=O)Cc1c(F)cccc1F. The number of carbonyl (C=O) groups is 1. The predicted molar refractivity (Wildman–Crippen MR) is 64.0 cm³/mol. The van der Waals surface area contributed by atoms with Gasteiger partial charge in [0.15, 0.2) is 0 Å². The van der Waals surface area contributed by atoms with Gasteiger partial charge in [-0.25, -0.2) is 8.78 Å². The van der Waals surface area contributed by atoms with Crippen LogP contribution in [0.4, 0.5) is 8.78 Å². The second-order valence-electron chi connectivity index (χ2n) is 4.21. The van der Waals surface area contributed by atoms with Gasteiger partial charge in [-0.1, -0.05) is 6.07 Å². The van der Waals surface area contributed by atoms with E-state index in [2.05, 4.69) is 5.32 Å². The second-order valence-corrected chi connectivity index (χ2v) is 4.21. The number of nitrogens with one attached hydrogen (secondary N) is 1. The van der Waals surface area contributed by atoms with Gasteiger partial charge >= 0.3 is 0 Å². The maximum atomic E-state index is 13.3. The lowest BCUT2D eigenvalue weighted by Gasteiger charge is -2.13. The molecule has 2 N–H and O–H groups in total. The number of aliphatic hydroxyl groups is 1. The molecule has 0 saturated carbocycles. The van der Waals surface area contributed by atoms with Gasteiger partial charge in [-0.15, -0.1) is 0 Å². The smallest absolute Gasteiger partial charge is 0.224 e. The van der Waals surface area contributed by atoms with Crippen molar-refractivity contribution in [1.82, 2.24) is 5.32 Å². The average molecular weight is 257 g/mol. The Hall–Kier alpha value is -1.49. The van der Waals surface area contributed by atoms with Crippen molar-refractivity contribution in [3.8, 4) is 0 Å². The molecular formula is C13H17F2NO2. The first-order valence-corrected chi connectivity index (χ1v) is 5.87. The average Bonchev–Trinajstić information content (AvgIpc) is 2.31. The molecule has 18 heavy (non-hydrogen) atoms. The summed E-state index contributed by atoms with van der Waals surface area (Å²) in [6.07, 6.45) is 0.888. The molecule has 0 aliphatic carbocycles. The normalized spacial score (nSPS) is 12.2. The van der Waals surface area contributed by atoms with Crippen molar-refractivity contribution in [3.05, 3.63) is 35.4 Å². The molecule has 1 aromatic rings. The van der Waals surface area contributed by atoms with Gasteiger partial charge in [0.1, 0.15) is 11.6 Å². The number of hydrogen-bond donors (Lipinski definition) is 2. The van der Waals surface area contributed by atoms with E-state index in [1.165, 1.54) is 6.07 Å². The van der Waals surface area contributed by atoms with Gasteiger partial charge in [0.2, 0.25) is 5.91 Å². The van der Waals surface area contributed by atoms with Crippen LogP contribution < -0.4 is 5.32 Å². The molecule has 0 aromatic heterocycles. The Morgan fingerprint density at radius 2 is 2.00 bits per heavy atom. The van der Waals surface area contributed by atoms with Gasteiger partial charge in [0.05, 0.1) is 6.42 Å². The van der Waals surface area contributed by atoms with E-state index in [0.717, 1.165) is 12.1 Å². The molecule has 0 heterocycles. The monoisotopic (exact) mass is 257 g/mol. The molecule has 1 atom stereocenters. The molecule has 0 fully saturated rings. The third-order valence-electron chi connectivity index (χ3n) is 2.60. The summed E-state index contributed by atoms with van der Waals surface area (Å²) in [4.78, 5) is 11.6. The van der Waals surface area contributed by atoms with Crippen LogP contribution in [0.1, 0.15) is 25.3 Å². The van der Waals surface area contributed by atoms with E-state index in [0.29, 0.717) is 12.8 Å². The third kappa shape index (κ3) is 4.41. The Morgan fingerprint density at radius 3 is 2.56 bits per heavy atom. The highest BCUT2D eigenvalue weighted by molar-refractivity contribution is 5.78. The van der Waals surface area contributed by atoms with Crippen LogP contribution in [0, 0.1) is 11.6 Å². The number of aliphatic hydroxyl groups excluding tert-OH is 1. The van der Waals surface area contributed by atoms with Crippen LogP contribution in [0.2, 0.25) is 0 Å². The lowest BCUT2D eigenvalue weighted by molar-refractivity contribution is -0.121. The fourth-order valence-corrected chi connectivity index (χ4v) is 1.66. The zero-order valence-electron chi connectivity index (χ0n) is 10.2. The van der Waals surface area contributed by atoms with Crippen molar-refractivity contribution >= 4 is 5.91 Å². The Morgan fingerprint density at radius 1 is 1.39 bits per heavy atom. The summed E-state index contributed by atoms with van der Waals surface area (Å²) in [7, 11) is 0. The molecule has 1 unspecified atom stereocenters. The quantitative estimate of drug-likeness (QED) is 0.816. The number of carbonyl (C=O) groups excluding carboxylic acids is 1. The van der Waals surface area contributed by atoms with E-state index < -0.39 is 17.5 Å². The van der Waals surface area contributed by atoms with Crippen molar-refractivity contribution in [1.29, 1.82) is 0 Å². The van der Waals surface area contributed by atoms with Crippen LogP contribution >= 0.6 is 0 Å². The van der Waals surface area contributed by atoms with Crippen LogP contribution in [-0.4, -0.2) is 23.7 Å². The zero-order chi connectivity index (χ0) is 13.5. The molecule has 5 heteroatoms. The highest BCUT2D eigenvalue weighted by Crippen LogP contribution is 2.12. The first-order valence-electron chi connectivity index (χ1n) is 5.87. The van der Waals surface area contributed by atoms with E-state index in [9.17, 15) is 13.6 Å². The molecule has 0 aliphatic rings. The molecule has 1 aromatic carbocycles. The van der Waals surface area contributed by atoms with Gasteiger partial charge in [0.25, 0.3) is 0 Å². The number of benzene rings is 1. The fraction of sp³-hybridized carbons (Fsp3) is 0.462. The molecule has 0 spiro atoms. The maximum Gasteiger partial charge on any atom is 0.224 e. The van der Waals surface area contributed by atoms with Crippen LogP contribution in [0.3, 0.4) is 0 Å². The van der Waals surface area contributed by atoms with E-state index in [1.54, 1.807) is 6.92 Å². The summed E-state index contributed by atoms with van der Waals surface area (Å²) in [5.41, 5.74) is -0.218.